The number of aromatic nitrogens is 1. The molecule has 6 nitrogen and oxygen atoms in total. The molecule has 0 N–H and O–H groups in total. The van der Waals surface area contributed by atoms with Gasteiger partial charge >= 0.3 is 5.63 Å². The third kappa shape index (κ3) is 2.94. The number of amides is 1. The van der Waals surface area contributed by atoms with Gasteiger partial charge in [0.2, 0.25) is 0 Å². The molecule has 3 heterocycles. The van der Waals surface area contributed by atoms with Gasteiger partial charge in [-0.2, -0.15) is 0 Å². The molecule has 1 aliphatic heterocycles. The molecule has 0 radical (unpaired) electrons. The summed E-state index contributed by atoms with van der Waals surface area (Å²) in [5.41, 5.74) is 2.17. The first kappa shape index (κ1) is 18.4. The Morgan fingerprint density at radius 1 is 0.967 bits per heavy atom. The summed E-state index contributed by atoms with van der Waals surface area (Å²) < 4.78 is 20.4. The summed E-state index contributed by atoms with van der Waals surface area (Å²) in [6.45, 7) is 2.42. The van der Waals surface area contributed by atoms with Crippen LogP contribution in [0.2, 0.25) is 0 Å². The van der Waals surface area contributed by atoms with Crippen LogP contribution in [0.4, 0.5) is 10.1 Å². The van der Waals surface area contributed by atoms with Crippen LogP contribution in [-0.4, -0.2) is 41.6 Å². The van der Waals surface area contributed by atoms with Crippen molar-refractivity contribution in [3.05, 3.63) is 76.5 Å². The van der Waals surface area contributed by atoms with Gasteiger partial charge in [0.25, 0.3) is 5.91 Å². The number of halogens is 1. The first-order chi connectivity index (χ1) is 14.5. The van der Waals surface area contributed by atoms with E-state index in [9.17, 15) is 14.0 Å². The second kappa shape index (κ2) is 7.02. The normalized spacial score (nSPS) is 14.6. The first-order valence-electron chi connectivity index (χ1n) is 9.84. The van der Waals surface area contributed by atoms with E-state index in [2.05, 4.69) is 4.90 Å². The lowest BCUT2D eigenvalue weighted by Gasteiger charge is -2.36. The number of carbonyl (C=O) groups excluding carboxylic acids is 1. The molecule has 0 spiro atoms. The Kier molecular flexibility index (Phi) is 4.31. The number of benzene rings is 2. The fourth-order valence-electron chi connectivity index (χ4n) is 4.18. The van der Waals surface area contributed by atoms with Crippen molar-refractivity contribution in [2.45, 2.75) is 0 Å². The van der Waals surface area contributed by atoms with Gasteiger partial charge in [-0.25, -0.2) is 9.18 Å². The van der Waals surface area contributed by atoms with E-state index < -0.39 is 5.63 Å². The molecule has 0 saturated carbocycles. The van der Waals surface area contributed by atoms with Gasteiger partial charge in [-0.15, -0.1) is 0 Å². The van der Waals surface area contributed by atoms with E-state index in [0.29, 0.717) is 48.4 Å². The minimum atomic E-state index is -0.445. The lowest BCUT2D eigenvalue weighted by atomic mass is 10.2. The summed E-state index contributed by atoms with van der Waals surface area (Å²) in [5, 5.41) is 1.21. The number of rotatable bonds is 2. The van der Waals surface area contributed by atoms with Crippen LogP contribution < -0.4 is 10.5 Å². The van der Waals surface area contributed by atoms with Gasteiger partial charge in [-0.1, -0.05) is 12.1 Å². The zero-order chi connectivity index (χ0) is 20.8. The molecule has 0 bridgehead atoms. The highest BCUT2D eigenvalue weighted by Crippen LogP contribution is 2.26. The van der Waals surface area contributed by atoms with Gasteiger partial charge in [-0.3, -0.25) is 4.79 Å². The minimum absolute atomic E-state index is 0.115. The number of fused-ring (bicyclic) bond motifs is 3. The zero-order valence-electron chi connectivity index (χ0n) is 16.5. The molecular weight excluding hydrogens is 385 g/mol. The molecule has 5 rings (SSSR count). The second-order valence-electron chi connectivity index (χ2n) is 7.49. The maximum absolute atomic E-state index is 13.2. The smallest absolute Gasteiger partial charge is 0.345 e. The van der Waals surface area contributed by atoms with Gasteiger partial charge in [0.15, 0.2) is 0 Å². The monoisotopic (exact) mass is 405 g/mol. The van der Waals surface area contributed by atoms with Crippen molar-refractivity contribution in [3.63, 3.8) is 0 Å². The van der Waals surface area contributed by atoms with Gasteiger partial charge in [0, 0.05) is 44.3 Å². The zero-order valence-corrected chi connectivity index (χ0v) is 16.5. The number of nitrogens with zero attached hydrogens (tertiary/aromatic N) is 3. The van der Waals surface area contributed by atoms with E-state index >= 15 is 0 Å². The van der Waals surface area contributed by atoms with Crippen molar-refractivity contribution in [1.29, 1.82) is 0 Å². The van der Waals surface area contributed by atoms with E-state index in [1.807, 2.05) is 18.2 Å². The lowest BCUT2D eigenvalue weighted by molar-refractivity contribution is 0.0737. The van der Waals surface area contributed by atoms with Crippen LogP contribution in [0, 0.1) is 5.82 Å². The maximum atomic E-state index is 13.2. The Bertz CT molecular complexity index is 1320. The topological polar surface area (TPSA) is 58.7 Å². The fraction of sp³-hybridized carbons (Fsp3) is 0.217. The molecule has 30 heavy (non-hydrogen) atoms. The highest BCUT2D eigenvalue weighted by atomic mass is 19.1. The molecular formula is C23H20FN3O3. The number of para-hydroxylation sites is 1. The van der Waals surface area contributed by atoms with Crippen molar-refractivity contribution in [1.82, 2.24) is 9.47 Å². The average molecular weight is 405 g/mol. The first-order valence-corrected chi connectivity index (χ1v) is 9.84. The Balaban J connectivity index is 1.44. The Hall–Kier alpha value is -3.61. The van der Waals surface area contributed by atoms with Crippen LogP contribution in [0.3, 0.4) is 0 Å². The Labute approximate surface area is 171 Å². The second-order valence-corrected chi connectivity index (χ2v) is 7.49. The predicted molar refractivity (Wildman–Crippen MR) is 113 cm³/mol. The standard InChI is InChI=1S/C23H20FN3O3/c1-25-19(14-18-21(25)17-4-2-3-5-20(17)30-23(18)29)22(28)27-12-10-26(11-13-27)16-8-6-15(24)7-9-16/h2-9,14H,10-13H2,1H3. The fourth-order valence-corrected chi connectivity index (χ4v) is 4.18. The number of carbonyl (C=O) groups is 1. The highest BCUT2D eigenvalue weighted by Gasteiger charge is 2.26. The number of piperazine rings is 1. The third-order valence-electron chi connectivity index (χ3n) is 5.78. The van der Waals surface area contributed by atoms with Crippen LogP contribution >= 0.6 is 0 Å². The summed E-state index contributed by atoms with van der Waals surface area (Å²) in [7, 11) is 1.80. The van der Waals surface area contributed by atoms with Crippen LogP contribution in [-0.2, 0) is 7.05 Å². The average Bonchev–Trinajstić information content (AvgIpc) is 3.12. The van der Waals surface area contributed by atoms with Crippen molar-refractivity contribution in [2.24, 2.45) is 7.05 Å². The molecule has 2 aromatic carbocycles. The Morgan fingerprint density at radius 3 is 2.40 bits per heavy atom. The van der Waals surface area contributed by atoms with Crippen LogP contribution in [0.15, 0.2) is 63.8 Å². The number of anilines is 1. The van der Waals surface area contributed by atoms with E-state index in [0.717, 1.165) is 11.1 Å². The molecule has 0 aliphatic carbocycles. The van der Waals surface area contributed by atoms with E-state index in [-0.39, 0.29) is 11.7 Å². The van der Waals surface area contributed by atoms with E-state index in [4.69, 9.17) is 4.42 Å². The van der Waals surface area contributed by atoms with Crippen molar-refractivity contribution in [3.8, 4) is 0 Å². The van der Waals surface area contributed by atoms with Crippen molar-refractivity contribution < 1.29 is 13.6 Å². The number of hydrogen-bond acceptors (Lipinski definition) is 4. The maximum Gasteiger partial charge on any atom is 0.345 e. The van der Waals surface area contributed by atoms with Gasteiger partial charge in [-0.05, 0) is 42.5 Å². The molecule has 1 aliphatic rings. The summed E-state index contributed by atoms with van der Waals surface area (Å²) in [4.78, 5) is 29.6. The van der Waals surface area contributed by atoms with Crippen LogP contribution in [0.1, 0.15) is 10.5 Å². The summed E-state index contributed by atoms with van der Waals surface area (Å²) >= 11 is 0. The summed E-state index contributed by atoms with van der Waals surface area (Å²) in [6.07, 6.45) is 0. The summed E-state index contributed by atoms with van der Waals surface area (Å²) in [5.74, 6) is -0.378. The molecule has 2 aromatic heterocycles. The van der Waals surface area contributed by atoms with E-state index in [1.54, 1.807) is 40.8 Å². The molecule has 0 unspecified atom stereocenters. The Morgan fingerprint density at radius 2 is 1.67 bits per heavy atom. The van der Waals surface area contributed by atoms with Crippen molar-refractivity contribution >= 4 is 33.5 Å². The van der Waals surface area contributed by atoms with Gasteiger partial charge < -0.3 is 18.8 Å². The SMILES string of the molecule is Cn1c(C(=O)N2CCN(c3ccc(F)cc3)CC2)cc2c(=O)oc3ccccc3c21. The number of hydrogen-bond donors (Lipinski definition) is 0. The third-order valence-corrected chi connectivity index (χ3v) is 5.78. The molecule has 0 atom stereocenters. The van der Waals surface area contributed by atoms with Crippen molar-refractivity contribution in [2.75, 3.05) is 31.1 Å². The molecule has 1 saturated heterocycles. The van der Waals surface area contributed by atoms with Gasteiger partial charge in [0.1, 0.15) is 17.1 Å². The molecule has 7 heteroatoms. The number of aryl methyl sites for hydroxylation is 1. The highest BCUT2D eigenvalue weighted by molar-refractivity contribution is 6.07. The minimum Gasteiger partial charge on any atom is -0.422 e. The lowest BCUT2D eigenvalue weighted by Crippen LogP contribution is -2.49. The quantitative estimate of drug-likeness (QED) is 0.480. The van der Waals surface area contributed by atoms with Crippen LogP contribution in [0.25, 0.3) is 21.9 Å². The van der Waals surface area contributed by atoms with Crippen LogP contribution in [0.5, 0.6) is 0 Å². The largest absolute Gasteiger partial charge is 0.422 e. The molecule has 1 amide bonds. The molecule has 152 valence electrons. The molecule has 1 fully saturated rings. The van der Waals surface area contributed by atoms with Gasteiger partial charge in [0.05, 0.1) is 10.9 Å². The molecule has 4 aromatic rings. The summed E-state index contributed by atoms with van der Waals surface area (Å²) in [6, 6.07) is 15.3. The predicted octanol–water partition coefficient (Wildman–Crippen LogP) is 3.39. The van der Waals surface area contributed by atoms with E-state index in [1.165, 1.54) is 12.1 Å².